The fourth-order valence-corrected chi connectivity index (χ4v) is 4.79. The Bertz CT molecular complexity index is 1510. The lowest BCUT2D eigenvalue weighted by Crippen LogP contribution is -2.32. The summed E-state index contributed by atoms with van der Waals surface area (Å²) in [5.41, 5.74) is 11.1. The first-order valence-electron chi connectivity index (χ1n) is 11.6. The van der Waals surface area contributed by atoms with Crippen LogP contribution in [0.2, 0.25) is 10.2 Å². The smallest absolute Gasteiger partial charge is 0.293 e. The van der Waals surface area contributed by atoms with E-state index < -0.39 is 0 Å². The first-order valence-corrected chi connectivity index (χ1v) is 12.3. The molecule has 0 unspecified atom stereocenters. The molecule has 6 rings (SSSR count). The number of hydrogen-bond acceptors (Lipinski definition) is 6. The topological polar surface area (TPSA) is 115 Å². The van der Waals surface area contributed by atoms with Gasteiger partial charge in [0, 0.05) is 39.7 Å². The molecule has 1 aliphatic carbocycles. The molecule has 5 aromatic rings. The molecular formula is C25H22Cl2N9+. The lowest BCUT2D eigenvalue weighted by molar-refractivity contribution is -0.659. The molecule has 1 saturated carbocycles. The van der Waals surface area contributed by atoms with Gasteiger partial charge in [0.15, 0.2) is 5.21 Å². The van der Waals surface area contributed by atoms with Crippen molar-refractivity contribution >= 4 is 29.0 Å². The Labute approximate surface area is 216 Å². The first kappa shape index (κ1) is 22.6. The van der Waals surface area contributed by atoms with E-state index in [1.165, 1.54) is 12.8 Å². The van der Waals surface area contributed by atoms with E-state index in [0.717, 1.165) is 40.1 Å². The maximum Gasteiger partial charge on any atom is 0.293 e. The van der Waals surface area contributed by atoms with E-state index in [-0.39, 0.29) is 6.04 Å². The minimum absolute atomic E-state index is 0.00540. The van der Waals surface area contributed by atoms with Crippen molar-refractivity contribution in [1.82, 2.24) is 35.3 Å². The van der Waals surface area contributed by atoms with Crippen LogP contribution in [0, 0.1) is 5.92 Å². The summed E-state index contributed by atoms with van der Waals surface area (Å²) in [6.45, 7) is 0. The fraction of sp³-hybridized carbons (Fsp3) is 0.200. The van der Waals surface area contributed by atoms with Gasteiger partial charge in [0.2, 0.25) is 0 Å². The summed E-state index contributed by atoms with van der Waals surface area (Å²) in [6.07, 6.45) is 10.7. The third-order valence-electron chi connectivity index (χ3n) is 6.39. The number of aromatic amines is 1. The lowest BCUT2D eigenvalue weighted by Gasteiger charge is -2.17. The highest BCUT2D eigenvalue weighted by molar-refractivity contribution is 6.32. The molecule has 1 aromatic carbocycles. The van der Waals surface area contributed by atoms with E-state index in [0.29, 0.717) is 21.9 Å². The van der Waals surface area contributed by atoms with Gasteiger partial charge in [0.1, 0.15) is 21.8 Å². The summed E-state index contributed by atoms with van der Waals surface area (Å²) in [4.78, 5) is 9.03. The van der Waals surface area contributed by atoms with Gasteiger partial charge in [-0.25, -0.2) is 4.98 Å². The van der Waals surface area contributed by atoms with Gasteiger partial charge in [-0.05, 0) is 48.7 Å². The SMILES string of the molecule is Nc1ccc(-c2cnn([C@H](CC3CC3)c3ccc(-c4cc(Cl)ccc4-[n+]4cnn[nH]4)cn3)c2)c(Cl)n1. The van der Waals surface area contributed by atoms with Crippen LogP contribution in [-0.4, -0.2) is 35.3 Å². The largest absolute Gasteiger partial charge is 0.384 e. The summed E-state index contributed by atoms with van der Waals surface area (Å²) in [5, 5.41) is 16.2. The van der Waals surface area contributed by atoms with E-state index in [1.807, 2.05) is 41.3 Å². The minimum atomic E-state index is 0.00540. The Hall–Kier alpha value is -3.82. The zero-order chi connectivity index (χ0) is 24.6. The van der Waals surface area contributed by atoms with Crippen LogP contribution in [-0.2, 0) is 0 Å². The van der Waals surface area contributed by atoms with Crippen molar-refractivity contribution in [1.29, 1.82) is 0 Å². The number of nitrogens with zero attached hydrogens (tertiary/aromatic N) is 7. The van der Waals surface area contributed by atoms with Crippen LogP contribution in [0.4, 0.5) is 5.82 Å². The standard InChI is InChI=1S/C25H21Cl2N9/c26-18-4-7-22(36-14-30-33-34-36)20(10-18)16-3-6-21(29-11-16)23(9-15-1-2-15)35-13-17(12-31-35)19-5-8-24(28)32-25(19)27/h3-8,10-15,23H,1-2,9H2,(H2,28,32)/p+1/t23-/m1/s1. The lowest BCUT2D eigenvalue weighted by atomic mass is 10.0. The number of nitrogens with one attached hydrogen (secondary N) is 1. The molecule has 36 heavy (non-hydrogen) atoms. The first-order chi connectivity index (χ1) is 17.5. The normalized spacial score (nSPS) is 14.2. The highest BCUT2D eigenvalue weighted by Gasteiger charge is 2.29. The number of anilines is 1. The van der Waals surface area contributed by atoms with Crippen molar-refractivity contribution < 1.29 is 4.68 Å². The van der Waals surface area contributed by atoms with Gasteiger partial charge < -0.3 is 5.73 Å². The Balaban J connectivity index is 1.34. The average molecular weight is 519 g/mol. The summed E-state index contributed by atoms with van der Waals surface area (Å²) < 4.78 is 3.71. The number of tetrazole rings is 1. The van der Waals surface area contributed by atoms with Crippen LogP contribution in [0.25, 0.3) is 27.9 Å². The van der Waals surface area contributed by atoms with Crippen molar-refractivity contribution in [3.05, 3.63) is 83.3 Å². The van der Waals surface area contributed by atoms with Crippen LogP contribution in [0.5, 0.6) is 0 Å². The Morgan fingerprint density at radius 1 is 1.06 bits per heavy atom. The highest BCUT2D eigenvalue weighted by atomic mass is 35.5. The molecule has 0 saturated heterocycles. The molecule has 3 N–H and O–H groups in total. The van der Waals surface area contributed by atoms with Gasteiger partial charge in [-0.15, -0.1) is 4.68 Å². The van der Waals surface area contributed by atoms with Crippen molar-refractivity contribution in [3.8, 4) is 27.9 Å². The van der Waals surface area contributed by atoms with Crippen molar-refractivity contribution in [3.63, 3.8) is 0 Å². The minimum Gasteiger partial charge on any atom is -0.384 e. The van der Waals surface area contributed by atoms with Crippen LogP contribution in [0.15, 0.2) is 67.4 Å². The van der Waals surface area contributed by atoms with Crippen molar-refractivity contribution in [2.45, 2.75) is 25.3 Å². The number of halogens is 2. The molecule has 1 fully saturated rings. The quantitative estimate of drug-likeness (QED) is 0.238. The third kappa shape index (κ3) is 4.55. The number of nitrogen functional groups attached to an aromatic ring is 1. The Kier molecular flexibility index (Phi) is 5.86. The number of pyridine rings is 2. The molecule has 0 spiro atoms. The fourth-order valence-electron chi connectivity index (χ4n) is 4.35. The number of nitrogens with two attached hydrogens (primary N) is 1. The zero-order valence-corrected chi connectivity index (χ0v) is 20.6. The molecule has 4 heterocycles. The summed E-state index contributed by atoms with van der Waals surface area (Å²) in [6, 6.07) is 13.4. The molecule has 180 valence electrons. The highest BCUT2D eigenvalue weighted by Crippen LogP contribution is 2.39. The van der Waals surface area contributed by atoms with E-state index in [1.54, 1.807) is 23.3 Å². The molecule has 9 nitrogen and oxygen atoms in total. The summed E-state index contributed by atoms with van der Waals surface area (Å²) in [5.74, 6) is 1.06. The molecule has 0 amide bonds. The molecule has 0 bridgehead atoms. The van der Waals surface area contributed by atoms with E-state index in [2.05, 4.69) is 37.7 Å². The Morgan fingerprint density at radius 2 is 1.94 bits per heavy atom. The van der Waals surface area contributed by atoms with Gasteiger partial charge in [-0.3, -0.25) is 9.67 Å². The average Bonchev–Trinajstić information content (AvgIpc) is 3.31. The molecule has 0 aliphatic heterocycles. The second-order valence-electron chi connectivity index (χ2n) is 8.91. The number of benzene rings is 1. The molecule has 1 aliphatic rings. The maximum atomic E-state index is 6.34. The number of H-pyrrole nitrogens is 1. The molecule has 0 radical (unpaired) electrons. The molecule has 11 heteroatoms. The molecule has 1 atom stereocenters. The third-order valence-corrected chi connectivity index (χ3v) is 6.91. The second-order valence-corrected chi connectivity index (χ2v) is 9.71. The van der Waals surface area contributed by atoms with Gasteiger partial charge in [-0.1, -0.05) is 47.3 Å². The number of aromatic nitrogens is 8. The van der Waals surface area contributed by atoms with Crippen molar-refractivity contribution in [2.75, 3.05) is 5.73 Å². The van der Waals surface area contributed by atoms with Gasteiger partial charge in [0.05, 0.1) is 17.9 Å². The molecule has 4 aromatic heterocycles. The van der Waals surface area contributed by atoms with Gasteiger partial charge >= 0.3 is 0 Å². The second kappa shape index (κ2) is 9.33. The van der Waals surface area contributed by atoms with E-state index in [4.69, 9.17) is 33.9 Å². The molecular weight excluding hydrogens is 497 g/mol. The summed E-state index contributed by atoms with van der Waals surface area (Å²) in [7, 11) is 0. The van der Waals surface area contributed by atoms with Gasteiger partial charge in [-0.2, -0.15) is 5.10 Å². The maximum absolute atomic E-state index is 6.34. The predicted octanol–water partition coefficient (Wildman–Crippen LogP) is 4.68. The number of hydrogen-bond donors (Lipinski definition) is 2. The van der Waals surface area contributed by atoms with Crippen LogP contribution in [0.1, 0.15) is 31.0 Å². The number of rotatable bonds is 7. The zero-order valence-electron chi connectivity index (χ0n) is 19.1. The van der Waals surface area contributed by atoms with Crippen LogP contribution < -0.4 is 10.4 Å². The van der Waals surface area contributed by atoms with Gasteiger partial charge in [0.25, 0.3) is 6.33 Å². The van der Waals surface area contributed by atoms with Crippen LogP contribution >= 0.6 is 23.2 Å². The van der Waals surface area contributed by atoms with E-state index in [9.17, 15) is 0 Å². The monoisotopic (exact) mass is 518 g/mol. The predicted molar refractivity (Wildman–Crippen MR) is 137 cm³/mol. The van der Waals surface area contributed by atoms with Crippen molar-refractivity contribution in [2.24, 2.45) is 5.92 Å². The summed E-state index contributed by atoms with van der Waals surface area (Å²) >= 11 is 12.7. The Morgan fingerprint density at radius 3 is 2.67 bits per heavy atom. The van der Waals surface area contributed by atoms with E-state index >= 15 is 0 Å². The van der Waals surface area contributed by atoms with Crippen LogP contribution in [0.3, 0.4) is 0 Å².